The molecular formula is C21H22BrNO4. The molecule has 1 heterocycles. The molecule has 0 aromatic heterocycles. The van der Waals surface area contributed by atoms with Crippen molar-refractivity contribution in [2.24, 2.45) is 0 Å². The van der Waals surface area contributed by atoms with Crippen molar-refractivity contribution in [2.45, 2.75) is 39.3 Å². The Morgan fingerprint density at radius 3 is 2.74 bits per heavy atom. The van der Waals surface area contributed by atoms with Gasteiger partial charge in [-0.25, -0.2) is 4.79 Å². The lowest BCUT2D eigenvalue weighted by Crippen LogP contribution is -2.48. The van der Waals surface area contributed by atoms with Crippen LogP contribution >= 0.6 is 15.9 Å². The molecule has 2 aromatic carbocycles. The highest BCUT2D eigenvalue weighted by Gasteiger charge is 2.36. The first-order chi connectivity index (χ1) is 12.9. The van der Waals surface area contributed by atoms with Crippen LogP contribution in [0.2, 0.25) is 0 Å². The van der Waals surface area contributed by atoms with Gasteiger partial charge in [0.05, 0.1) is 12.2 Å². The Kier molecular flexibility index (Phi) is 5.85. The lowest BCUT2D eigenvalue weighted by atomic mass is 9.93. The Bertz CT molecular complexity index is 880. The third-order valence-electron chi connectivity index (χ3n) is 4.74. The molecule has 1 aliphatic rings. The summed E-state index contributed by atoms with van der Waals surface area (Å²) in [5.74, 6) is -0.779. The van der Waals surface area contributed by atoms with Gasteiger partial charge >= 0.3 is 5.97 Å². The zero-order chi connectivity index (χ0) is 19.6. The quantitative estimate of drug-likeness (QED) is 0.769. The number of hydrogen-bond donors (Lipinski definition) is 1. The van der Waals surface area contributed by atoms with Gasteiger partial charge in [0.2, 0.25) is 0 Å². The number of aryl methyl sites for hydroxylation is 1. The fourth-order valence-electron chi connectivity index (χ4n) is 3.36. The molecule has 142 valence electrons. The van der Waals surface area contributed by atoms with Gasteiger partial charge in [0, 0.05) is 17.4 Å². The molecule has 3 rings (SSSR count). The van der Waals surface area contributed by atoms with E-state index in [1.807, 2.05) is 38.1 Å². The minimum Gasteiger partial charge on any atom is -0.492 e. The van der Waals surface area contributed by atoms with E-state index >= 15 is 0 Å². The molecule has 2 aromatic rings. The van der Waals surface area contributed by atoms with Crippen LogP contribution in [0.4, 0.5) is 0 Å². The first kappa shape index (κ1) is 19.4. The van der Waals surface area contributed by atoms with Gasteiger partial charge in [-0.15, -0.1) is 0 Å². The van der Waals surface area contributed by atoms with E-state index in [0.29, 0.717) is 17.9 Å². The van der Waals surface area contributed by atoms with Gasteiger partial charge in [-0.05, 0) is 48.2 Å². The lowest BCUT2D eigenvalue weighted by molar-refractivity contribution is -0.142. The van der Waals surface area contributed by atoms with Crippen LogP contribution in [-0.2, 0) is 17.8 Å². The van der Waals surface area contributed by atoms with Crippen LogP contribution in [0.5, 0.6) is 5.75 Å². The van der Waals surface area contributed by atoms with Crippen LogP contribution < -0.4 is 4.74 Å². The van der Waals surface area contributed by atoms with E-state index in [0.717, 1.165) is 27.6 Å². The summed E-state index contributed by atoms with van der Waals surface area (Å²) in [5, 5.41) is 9.73. The predicted octanol–water partition coefficient (Wildman–Crippen LogP) is 4.20. The minimum atomic E-state index is -1.00. The first-order valence-corrected chi connectivity index (χ1v) is 9.75. The van der Waals surface area contributed by atoms with E-state index in [2.05, 4.69) is 15.9 Å². The number of carbonyl (C=O) groups is 2. The third-order valence-corrected chi connectivity index (χ3v) is 5.23. The molecule has 5 nitrogen and oxygen atoms in total. The number of halogens is 1. The van der Waals surface area contributed by atoms with Crippen LogP contribution in [0, 0.1) is 6.92 Å². The zero-order valence-corrected chi connectivity index (χ0v) is 17.0. The zero-order valence-electron chi connectivity index (χ0n) is 15.4. The molecule has 0 aliphatic carbocycles. The molecule has 0 spiro atoms. The Balaban J connectivity index is 1.99. The second-order valence-electron chi connectivity index (χ2n) is 6.70. The van der Waals surface area contributed by atoms with Gasteiger partial charge in [0.25, 0.3) is 5.91 Å². The van der Waals surface area contributed by atoms with Gasteiger partial charge in [-0.2, -0.15) is 0 Å². The number of aliphatic carboxylic acids is 1. The summed E-state index contributed by atoms with van der Waals surface area (Å²) in [7, 11) is 0. The molecule has 0 saturated carbocycles. The van der Waals surface area contributed by atoms with E-state index in [1.165, 1.54) is 4.90 Å². The summed E-state index contributed by atoms with van der Waals surface area (Å²) in [6, 6.07) is 10.3. The molecule has 1 N–H and O–H groups in total. The Labute approximate surface area is 167 Å². The number of hydrogen-bond acceptors (Lipinski definition) is 3. The molecular weight excluding hydrogens is 410 g/mol. The number of carboxylic acid groups (broad SMARTS) is 1. The molecule has 1 amide bonds. The number of amides is 1. The number of nitrogens with zero attached hydrogens (tertiary/aromatic N) is 1. The number of rotatable bonds is 5. The highest BCUT2D eigenvalue weighted by Crippen LogP contribution is 2.31. The van der Waals surface area contributed by atoms with Gasteiger partial charge in [0.1, 0.15) is 11.8 Å². The number of ether oxygens (including phenoxy) is 1. The Hall–Kier alpha value is -2.34. The number of fused-ring (bicyclic) bond motifs is 1. The molecule has 0 saturated heterocycles. The lowest BCUT2D eigenvalue weighted by Gasteiger charge is -2.35. The van der Waals surface area contributed by atoms with Crippen molar-refractivity contribution in [2.75, 3.05) is 6.61 Å². The van der Waals surface area contributed by atoms with Gasteiger partial charge < -0.3 is 14.7 Å². The van der Waals surface area contributed by atoms with Crippen LogP contribution in [0.1, 0.15) is 40.4 Å². The molecule has 0 bridgehead atoms. The van der Waals surface area contributed by atoms with Crippen molar-refractivity contribution in [1.29, 1.82) is 0 Å². The van der Waals surface area contributed by atoms with Gasteiger partial charge in [0.15, 0.2) is 0 Å². The van der Waals surface area contributed by atoms with Crippen molar-refractivity contribution in [3.63, 3.8) is 0 Å². The smallest absolute Gasteiger partial charge is 0.326 e. The maximum atomic E-state index is 13.3. The highest BCUT2D eigenvalue weighted by atomic mass is 79.9. The summed E-state index contributed by atoms with van der Waals surface area (Å²) in [4.78, 5) is 26.6. The molecule has 27 heavy (non-hydrogen) atoms. The number of carboxylic acids is 1. The van der Waals surface area contributed by atoms with E-state index in [-0.39, 0.29) is 18.9 Å². The van der Waals surface area contributed by atoms with E-state index in [9.17, 15) is 14.7 Å². The van der Waals surface area contributed by atoms with Crippen LogP contribution in [0.25, 0.3) is 0 Å². The van der Waals surface area contributed by atoms with Crippen LogP contribution in [0.3, 0.4) is 0 Å². The minimum absolute atomic E-state index is 0.263. The predicted molar refractivity (Wildman–Crippen MR) is 106 cm³/mol. The Morgan fingerprint density at radius 2 is 2.04 bits per heavy atom. The third kappa shape index (κ3) is 4.00. The number of benzene rings is 2. The summed E-state index contributed by atoms with van der Waals surface area (Å²) >= 11 is 3.43. The largest absolute Gasteiger partial charge is 0.492 e. The summed E-state index contributed by atoms with van der Waals surface area (Å²) in [6.07, 6.45) is 1.11. The standard InChI is InChI=1S/C21H22BrNO4/c1-3-9-27-19-13(2)5-4-6-17(19)20(24)23-12-14-7-8-16(22)10-15(14)11-18(23)21(25)26/h4-8,10,18H,3,9,11-12H2,1-2H3,(H,25,26). The normalized spacial score (nSPS) is 16.0. The molecule has 0 radical (unpaired) electrons. The summed E-state index contributed by atoms with van der Waals surface area (Å²) in [6.45, 7) is 4.66. The van der Waals surface area contributed by atoms with Gasteiger partial charge in [-0.3, -0.25) is 4.79 Å². The van der Waals surface area contributed by atoms with Crippen molar-refractivity contribution in [1.82, 2.24) is 4.90 Å². The summed E-state index contributed by atoms with van der Waals surface area (Å²) < 4.78 is 6.71. The van der Waals surface area contributed by atoms with Crippen molar-refractivity contribution in [3.8, 4) is 5.75 Å². The molecule has 1 aliphatic heterocycles. The molecule has 1 unspecified atom stereocenters. The topological polar surface area (TPSA) is 66.8 Å². The van der Waals surface area contributed by atoms with Crippen molar-refractivity contribution < 1.29 is 19.4 Å². The molecule has 6 heteroatoms. The summed E-state index contributed by atoms with van der Waals surface area (Å²) in [5.41, 5.74) is 3.19. The second kappa shape index (κ2) is 8.13. The molecule has 1 atom stereocenters. The van der Waals surface area contributed by atoms with Crippen molar-refractivity contribution >= 4 is 27.8 Å². The number of carbonyl (C=O) groups excluding carboxylic acids is 1. The van der Waals surface area contributed by atoms with E-state index in [1.54, 1.807) is 12.1 Å². The van der Waals surface area contributed by atoms with Crippen LogP contribution in [-0.4, -0.2) is 34.5 Å². The Morgan fingerprint density at radius 1 is 1.26 bits per heavy atom. The van der Waals surface area contributed by atoms with Gasteiger partial charge in [-0.1, -0.05) is 41.1 Å². The SMILES string of the molecule is CCCOc1c(C)cccc1C(=O)N1Cc2ccc(Br)cc2CC1C(=O)O. The fourth-order valence-corrected chi connectivity index (χ4v) is 3.76. The molecule has 0 fully saturated rings. The van der Waals surface area contributed by atoms with Crippen LogP contribution in [0.15, 0.2) is 40.9 Å². The maximum Gasteiger partial charge on any atom is 0.326 e. The number of para-hydroxylation sites is 1. The fraction of sp³-hybridized carbons (Fsp3) is 0.333. The highest BCUT2D eigenvalue weighted by molar-refractivity contribution is 9.10. The first-order valence-electron chi connectivity index (χ1n) is 8.95. The van der Waals surface area contributed by atoms with E-state index in [4.69, 9.17) is 4.74 Å². The maximum absolute atomic E-state index is 13.3. The monoisotopic (exact) mass is 431 g/mol. The average molecular weight is 432 g/mol. The average Bonchev–Trinajstić information content (AvgIpc) is 2.65. The second-order valence-corrected chi connectivity index (χ2v) is 7.62. The van der Waals surface area contributed by atoms with E-state index < -0.39 is 12.0 Å². The van der Waals surface area contributed by atoms with Crippen molar-refractivity contribution in [3.05, 3.63) is 63.1 Å².